The number of aryl methyl sites for hydroxylation is 1. The van der Waals surface area contributed by atoms with E-state index in [9.17, 15) is 14.7 Å². The zero-order chi connectivity index (χ0) is 17.3. The van der Waals surface area contributed by atoms with Gasteiger partial charge in [-0.15, -0.1) is 0 Å². The summed E-state index contributed by atoms with van der Waals surface area (Å²) in [6, 6.07) is 6.36. The first-order valence-electron chi connectivity index (χ1n) is 7.65. The minimum atomic E-state index is -0.947. The third kappa shape index (κ3) is 2.69. The summed E-state index contributed by atoms with van der Waals surface area (Å²) in [5.41, 5.74) is 1.03. The molecule has 0 radical (unpaired) electrons. The Balaban J connectivity index is 2.18. The molecular weight excluding hydrogens is 326 g/mol. The number of nitrogens with zero attached hydrogens (tertiary/aromatic N) is 3. The van der Waals surface area contributed by atoms with Crippen LogP contribution in [0.5, 0.6) is 0 Å². The third-order valence-corrected chi connectivity index (χ3v) is 4.95. The summed E-state index contributed by atoms with van der Waals surface area (Å²) in [6.45, 7) is 0.482. The number of fused-ring (bicyclic) bond motifs is 1. The van der Waals surface area contributed by atoms with Gasteiger partial charge in [0.2, 0.25) is 0 Å². The summed E-state index contributed by atoms with van der Waals surface area (Å²) >= 11 is 1.62. The van der Waals surface area contributed by atoms with Gasteiger partial charge in [-0.1, -0.05) is 18.2 Å². The van der Waals surface area contributed by atoms with Crippen LogP contribution in [0.25, 0.3) is 0 Å². The van der Waals surface area contributed by atoms with Gasteiger partial charge in [0.1, 0.15) is 17.8 Å². The molecule has 6 nitrogen and oxygen atoms in total. The van der Waals surface area contributed by atoms with Gasteiger partial charge in [-0.3, -0.25) is 9.59 Å². The van der Waals surface area contributed by atoms with Crippen LogP contribution < -0.4 is 0 Å². The molecule has 24 heavy (non-hydrogen) atoms. The van der Waals surface area contributed by atoms with Crippen molar-refractivity contribution in [3.05, 3.63) is 53.6 Å². The number of imidazole rings is 1. The molecule has 0 bridgehead atoms. The first-order valence-corrected chi connectivity index (χ1v) is 9.04. The Labute approximate surface area is 144 Å². The standard InChI is InChI=1S/C17H19N3O3S/c1-19-8-7-18-15(19)14-13(17(22)23)11-5-3-4-6-12(11)16(21)20(14)9-10-24-2/h3-8,13-14H,9-10H2,1-2H3,(H,22,23)/t13-,14+/m0/s1. The molecule has 0 unspecified atom stereocenters. The number of benzene rings is 1. The Morgan fingerprint density at radius 2 is 2.12 bits per heavy atom. The molecule has 1 aliphatic heterocycles. The molecule has 0 saturated carbocycles. The molecule has 0 fully saturated rings. The largest absolute Gasteiger partial charge is 0.481 e. The summed E-state index contributed by atoms with van der Waals surface area (Å²) in [5, 5.41) is 9.89. The van der Waals surface area contributed by atoms with Crippen LogP contribution in [0.1, 0.15) is 33.7 Å². The molecule has 1 aromatic carbocycles. The first-order chi connectivity index (χ1) is 11.6. The molecule has 3 rings (SSSR count). The predicted octanol–water partition coefficient (Wildman–Crippen LogP) is 2.15. The second-order valence-corrected chi connectivity index (χ2v) is 6.72. The van der Waals surface area contributed by atoms with E-state index in [1.807, 2.05) is 13.3 Å². The highest BCUT2D eigenvalue weighted by atomic mass is 32.2. The Morgan fingerprint density at radius 1 is 1.38 bits per heavy atom. The Morgan fingerprint density at radius 3 is 2.75 bits per heavy atom. The summed E-state index contributed by atoms with van der Waals surface area (Å²) < 4.78 is 1.79. The van der Waals surface area contributed by atoms with Gasteiger partial charge in [-0.2, -0.15) is 11.8 Å². The number of carbonyl (C=O) groups is 2. The molecule has 1 N–H and O–H groups in total. The van der Waals surface area contributed by atoms with Gasteiger partial charge in [-0.25, -0.2) is 4.98 Å². The van der Waals surface area contributed by atoms with E-state index < -0.39 is 17.9 Å². The molecule has 1 aromatic heterocycles. The summed E-state index contributed by atoms with van der Waals surface area (Å²) in [5.74, 6) is -0.586. The van der Waals surface area contributed by atoms with E-state index in [1.165, 1.54) is 0 Å². The average molecular weight is 345 g/mol. The van der Waals surface area contributed by atoms with Crippen LogP contribution in [-0.4, -0.2) is 50.0 Å². The highest BCUT2D eigenvalue weighted by molar-refractivity contribution is 7.98. The second-order valence-electron chi connectivity index (χ2n) is 5.74. The fourth-order valence-corrected chi connectivity index (χ4v) is 3.62. The fourth-order valence-electron chi connectivity index (χ4n) is 3.24. The van der Waals surface area contributed by atoms with Crippen molar-refractivity contribution in [2.45, 2.75) is 12.0 Å². The Hall–Kier alpha value is -2.28. The number of amides is 1. The van der Waals surface area contributed by atoms with Crippen LogP contribution in [0.4, 0.5) is 0 Å². The Bertz CT molecular complexity index is 774. The zero-order valence-electron chi connectivity index (χ0n) is 13.5. The van der Waals surface area contributed by atoms with Gasteiger partial charge in [0.25, 0.3) is 5.91 Å². The summed E-state index contributed by atoms with van der Waals surface area (Å²) in [6.07, 6.45) is 5.37. The number of hydrogen-bond acceptors (Lipinski definition) is 4. The van der Waals surface area contributed by atoms with E-state index in [1.54, 1.807) is 57.9 Å². The van der Waals surface area contributed by atoms with Crippen LogP contribution in [0.15, 0.2) is 36.7 Å². The normalized spacial score (nSPS) is 20.1. The number of carbonyl (C=O) groups excluding carboxylic acids is 1. The van der Waals surface area contributed by atoms with Crippen LogP contribution in [0, 0.1) is 0 Å². The SMILES string of the molecule is CSCCN1C(=O)c2ccccc2[C@H](C(=O)O)[C@@H]1c1nccn1C. The molecule has 2 aromatic rings. The summed E-state index contributed by atoms with van der Waals surface area (Å²) in [7, 11) is 1.82. The monoisotopic (exact) mass is 345 g/mol. The second kappa shape index (κ2) is 6.68. The van der Waals surface area contributed by atoms with Crippen molar-refractivity contribution in [2.24, 2.45) is 7.05 Å². The fraction of sp³-hybridized carbons (Fsp3) is 0.353. The number of hydrogen-bond donors (Lipinski definition) is 1. The predicted molar refractivity (Wildman–Crippen MR) is 92.2 cm³/mol. The van der Waals surface area contributed by atoms with E-state index >= 15 is 0 Å². The molecule has 0 aliphatic carbocycles. The lowest BCUT2D eigenvalue weighted by atomic mass is 9.82. The van der Waals surface area contributed by atoms with Gasteiger partial charge in [0.05, 0.1) is 0 Å². The minimum Gasteiger partial charge on any atom is -0.481 e. The number of carboxylic acids is 1. The zero-order valence-corrected chi connectivity index (χ0v) is 14.4. The van der Waals surface area contributed by atoms with E-state index in [-0.39, 0.29) is 5.91 Å². The van der Waals surface area contributed by atoms with Crippen molar-refractivity contribution in [1.82, 2.24) is 14.5 Å². The highest BCUT2D eigenvalue weighted by Gasteiger charge is 2.45. The van der Waals surface area contributed by atoms with E-state index in [2.05, 4.69) is 4.98 Å². The molecule has 2 atom stereocenters. The maximum atomic E-state index is 13.0. The van der Waals surface area contributed by atoms with E-state index in [4.69, 9.17) is 0 Å². The van der Waals surface area contributed by atoms with E-state index in [0.29, 0.717) is 23.5 Å². The van der Waals surface area contributed by atoms with Crippen molar-refractivity contribution >= 4 is 23.6 Å². The van der Waals surface area contributed by atoms with Gasteiger partial charge < -0.3 is 14.6 Å². The molecule has 0 spiro atoms. The number of rotatable bonds is 5. The van der Waals surface area contributed by atoms with Gasteiger partial charge in [0, 0.05) is 37.3 Å². The van der Waals surface area contributed by atoms with E-state index in [0.717, 1.165) is 5.75 Å². The van der Waals surface area contributed by atoms with Gasteiger partial charge in [-0.05, 0) is 17.9 Å². The topological polar surface area (TPSA) is 75.4 Å². The number of aromatic nitrogens is 2. The summed E-state index contributed by atoms with van der Waals surface area (Å²) in [4.78, 5) is 31.1. The van der Waals surface area contributed by atoms with Crippen LogP contribution >= 0.6 is 11.8 Å². The van der Waals surface area contributed by atoms with Crippen molar-refractivity contribution in [1.29, 1.82) is 0 Å². The van der Waals surface area contributed by atoms with Crippen molar-refractivity contribution < 1.29 is 14.7 Å². The van der Waals surface area contributed by atoms with Crippen molar-refractivity contribution in [3.8, 4) is 0 Å². The molecule has 2 heterocycles. The molecule has 7 heteroatoms. The lowest BCUT2D eigenvalue weighted by Gasteiger charge is -2.40. The van der Waals surface area contributed by atoms with Gasteiger partial charge in [0.15, 0.2) is 0 Å². The maximum Gasteiger partial charge on any atom is 0.313 e. The maximum absolute atomic E-state index is 13.0. The highest BCUT2D eigenvalue weighted by Crippen LogP contribution is 2.42. The van der Waals surface area contributed by atoms with Crippen molar-refractivity contribution in [2.75, 3.05) is 18.6 Å². The van der Waals surface area contributed by atoms with Crippen LogP contribution in [0.3, 0.4) is 0 Å². The quantitative estimate of drug-likeness (QED) is 0.899. The Kier molecular flexibility index (Phi) is 4.62. The van der Waals surface area contributed by atoms with Crippen LogP contribution in [-0.2, 0) is 11.8 Å². The molecule has 0 saturated heterocycles. The molecule has 1 amide bonds. The number of thioether (sulfide) groups is 1. The number of carboxylic acid groups (broad SMARTS) is 1. The lowest BCUT2D eigenvalue weighted by molar-refractivity contribution is -0.140. The lowest BCUT2D eigenvalue weighted by Crippen LogP contribution is -2.46. The molecular formula is C17H19N3O3S. The smallest absolute Gasteiger partial charge is 0.313 e. The van der Waals surface area contributed by atoms with Crippen LogP contribution in [0.2, 0.25) is 0 Å². The average Bonchev–Trinajstić information content (AvgIpc) is 2.99. The van der Waals surface area contributed by atoms with Crippen molar-refractivity contribution in [3.63, 3.8) is 0 Å². The molecule has 126 valence electrons. The number of aliphatic carboxylic acids is 1. The van der Waals surface area contributed by atoms with Gasteiger partial charge >= 0.3 is 5.97 Å². The third-order valence-electron chi connectivity index (χ3n) is 4.36. The minimum absolute atomic E-state index is 0.134. The first kappa shape index (κ1) is 16.6. The molecule has 1 aliphatic rings.